The number of ether oxygens (including phenoxy) is 1. The molecule has 0 saturated heterocycles. The predicted octanol–water partition coefficient (Wildman–Crippen LogP) is 4.40. The lowest BCUT2D eigenvalue weighted by Gasteiger charge is -2.44. The number of aromatic nitrogens is 1. The van der Waals surface area contributed by atoms with E-state index in [9.17, 15) is 9.00 Å². The number of rotatable bonds is 3. The number of hydrogen-bond donors (Lipinski definition) is 0. The number of esters is 1. The number of para-hydroxylation sites is 1. The van der Waals surface area contributed by atoms with Gasteiger partial charge in [0, 0.05) is 58.2 Å². The molecule has 2 heterocycles. The average molecular weight is 435 g/mol. The molecule has 1 aliphatic carbocycles. The number of methoxy groups -OCH3 is 1. The summed E-state index contributed by atoms with van der Waals surface area (Å²) in [6.45, 7) is 2.01. The van der Waals surface area contributed by atoms with Crippen molar-refractivity contribution in [1.29, 1.82) is 0 Å². The van der Waals surface area contributed by atoms with Gasteiger partial charge in [-0.15, -0.1) is 0 Å². The normalized spacial score (nSPS) is 23.3. The first-order chi connectivity index (χ1) is 14.9. The largest absolute Gasteiger partial charge is 0.468 e. The number of fused-ring (bicyclic) bond motifs is 6. The topological polar surface area (TPSA) is 51.5 Å². The third-order valence-electron chi connectivity index (χ3n) is 6.79. The van der Waals surface area contributed by atoms with Crippen molar-refractivity contribution in [2.45, 2.75) is 30.2 Å². The summed E-state index contributed by atoms with van der Waals surface area (Å²) in [6.07, 6.45) is 2.73. The van der Waals surface area contributed by atoms with Crippen LogP contribution in [-0.4, -0.2) is 33.8 Å². The Balaban J connectivity index is 1.70. The highest BCUT2D eigenvalue weighted by Gasteiger charge is 2.48. The molecule has 5 nitrogen and oxygen atoms in total. The van der Waals surface area contributed by atoms with E-state index >= 15 is 0 Å². The van der Waals surface area contributed by atoms with Crippen LogP contribution in [0, 0.1) is 12.8 Å². The highest BCUT2D eigenvalue weighted by molar-refractivity contribution is 7.89. The lowest BCUT2D eigenvalue weighted by atomic mass is 9.73. The molecular weight excluding hydrogens is 408 g/mol. The van der Waals surface area contributed by atoms with Gasteiger partial charge >= 0.3 is 5.97 Å². The molecule has 0 amide bonds. The minimum absolute atomic E-state index is 0.130. The maximum atomic E-state index is 13.6. The molecular formula is C25H26N2O3S. The van der Waals surface area contributed by atoms with E-state index in [1.165, 1.54) is 18.1 Å². The van der Waals surface area contributed by atoms with E-state index in [1.807, 2.05) is 63.6 Å². The summed E-state index contributed by atoms with van der Waals surface area (Å²) in [6, 6.07) is 16.2. The van der Waals surface area contributed by atoms with Crippen LogP contribution in [0.1, 0.15) is 35.2 Å². The molecule has 31 heavy (non-hydrogen) atoms. The van der Waals surface area contributed by atoms with Gasteiger partial charge in [0.1, 0.15) is 5.92 Å². The Labute approximate surface area is 184 Å². The second-order valence-corrected chi connectivity index (χ2v) is 9.99. The summed E-state index contributed by atoms with van der Waals surface area (Å²) in [5.41, 5.74) is 4.39. The number of allylic oxidation sites excluding steroid dienone is 1. The quantitative estimate of drug-likeness (QED) is 0.574. The number of carbonyl (C=O) groups excluding carboxylic acids is 1. The van der Waals surface area contributed by atoms with Gasteiger partial charge in [-0.1, -0.05) is 35.9 Å². The zero-order valence-electron chi connectivity index (χ0n) is 18.2. The standard InChI is InChI=1S/C25H26N2O3S/c1-15-9-11-16(12-10-15)31(29)21-14-26(2)20-13-18(21)23(25(28)30-4)24-22(20)17-7-5-6-8-19(17)27(24)3/h5-12,14,18,20,23H,13H2,1-4H3/t18-,20-,23+,31?/m0/s1. The van der Waals surface area contributed by atoms with Crippen LogP contribution >= 0.6 is 0 Å². The van der Waals surface area contributed by atoms with Crippen LogP contribution in [0.25, 0.3) is 10.9 Å². The monoisotopic (exact) mass is 434 g/mol. The fourth-order valence-electron chi connectivity index (χ4n) is 5.28. The molecule has 1 aliphatic heterocycles. The highest BCUT2D eigenvalue weighted by Crippen LogP contribution is 2.53. The van der Waals surface area contributed by atoms with E-state index < -0.39 is 16.7 Å². The third kappa shape index (κ3) is 2.96. The Bertz CT molecular complexity index is 1240. The van der Waals surface area contributed by atoms with Crippen molar-refractivity contribution in [3.63, 3.8) is 0 Å². The highest BCUT2D eigenvalue weighted by atomic mass is 32.2. The number of hydrogen-bond acceptors (Lipinski definition) is 4. The van der Waals surface area contributed by atoms with Gasteiger partial charge in [0.25, 0.3) is 0 Å². The van der Waals surface area contributed by atoms with Crippen LogP contribution in [0.3, 0.4) is 0 Å². The van der Waals surface area contributed by atoms with Gasteiger partial charge in [-0.2, -0.15) is 0 Å². The number of carbonyl (C=O) groups is 1. The second kappa shape index (κ2) is 7.38. The van der Waals surface area contributed by atoms with Crippen molar-refractivity contribution in [3.8, 4) is 0 Å². The molecule has 2 bridgehead atoms. The summed E-state index contributed by atoms with van der Waals surface area (Å²) in [7, 11) is 4.14. The van der Waals surface area contributed by atoms with Gasteiger partial charge in [0.2, 0.25) is 0 Å². The van der Waals surface area contributed by atoms with Crippen LogP contribution in [0.5, 0.6) is 0 Å². The molecule has 4 atom stereocenters. The first-order valence-electron chi connectivity index (χ1n) is 10.5. The van der Waals surface area contributed by atoms with Crippen molar-refractivity contribution in [2.24, 2.45) is 13.0 Å². The Morgan fingerprint density at radius 2 is 1.81 bits per heavy atom. The zero-order chi connectivity index (χ0) is 21.9. The van der Waals surface area contributed by atoms with Crippen LogP contribution in [-0.2, 0) is 27.4 Å². The molecule has 6 heteroatoms. The van der Waals surface area contributed by atoms with Gasteiger partial charge in [-0.3, -0.25) is 4.79 Å². The zero-order valence-corrected chi connectivity index (χ0v) is 19.0. The summed E-state index contributed by atoms with van der Waals surface area (Å²) in [4.78, 5) is 16.8. The maximum absolute atomic E-state index is 13.6. The van der Waals surface area contributed by atoms with Crippen molar-refractivity contribution in [2.75, 3.05) is 14.2 Å². The molecule has 0 radical (unpaired) electrons. The molecule has 0 spiro atoms. The predicted molar refractivity (Wildman–Crippen MR) is 122 cm³/mol. The van der Waals surface area contributed by atoms with Crippen molar-refractivity contribution in [3.05, 3.63) is 76.5 Å². The first kappa shape index (κ1) is 20.1. The molecule has 1 unspecified atom stereocenters. The van der Waals surface area contributed by atoms with Crippen LogP contribution < -0.4 is 0 Å². The molecule has 2 aromatic carbocycles. The van der Waals surface area contributed by atoms with Crippen LogP contribution in [0.15, 0.2) is 64.5 Å². The van der Waals surface area contributed by atoms with E-state index in [-0.39, 0.29) is 17.9 Å². The van der Waals surface area contributed by atoms with Gasteiger partial charge < -0.3 is 14.2 Å². The first-order valence-corrected chi connectivity index (χ1v) is 11.6. The average Bonchev–Trinajstić information content (AvgIpc) is 3.08. The number of aryl methyl sites for hydroxylation is 2. The van der Waals surface area contributed by atoms with E-state index in [2.05, 4.69) is 21.6 Å². The number of benzene rings is 2. The summed E-state index contributed by atoms with van der Waals surface area (Å²) < 4.78 is 21.0. The van der Waals surface area contributed by atoms with Crippen LogP contribution in [0.2, 0.25) is 0 Å². The smallest absolute Gasteiger partial charge is 0.315 e. The molecule has 2 aliphatic rings. The lowest BCUT2D eigenvalue weighted by Crippen LogP contribution is -2.40. The summed E-state index contributed by atoms with van der Waals surface area (Å²) in [5.74, 6) is -0.929. The summed E-state index contributed by atoms with van der Waals surface area (Å²) in [5, 5.41) is 1.17. The van der Waals surface area contributed by atoms with E-state index in [0.717, 1.165) is 33.0 Å². The molecule has 160 valence electrons. The van der Waals surface area contributed by atoms with Gasteiger partial charge in [0.15, 0.2) is 0 Å². The Morgan fingerprint density at radius 1 is 1.10 bits per heavy atom. The van der Waals surface area contributed by atoms with Crippen molar-refractivity contribution in [1.82, 2.24) is 9.47 Å². The maximum Gasteiger partial charge on any atom is 0.315 e. The Kier molecular flexibility index (Phi) is 4.77. The molecule has 5 rings (SSSR count). The van der Waals surface area contributed by atoms with E-state index in [0.29, 0.717) is 0 Å². The molecule has 0 N–H and O–H groups in total. The minimum Gasteiger partial charge on any atom is -0.468 e. The minimum atomic E-state index is -1.35. The second-order valence-electron chi connectivity index (χ2n) is 8.51. The van der Waals surface area contributed by atoms with E-state index in [1.54, 1.807) is 0 Å². The SMILES string of the molecule is COC(=O)[C@H]1c2c(c3ccccc3n2C)[C@@H]2C[C@H]1C(S(=O)c1ccc(C)cc1)=CN2C. The van der Waals surface area contributed by atoms with Crippen molar-refractivity contribution >= 4 is 27.7 Å². The Morgan fingerprint density at radius 3 is 2.52 bits per heavy atom. The molecule has 3 aromatic rings. The lowest BCUT2D eigenvalue weighted by molar-refractivity contribution is -0.144. The fourth-order valence-corrected chi connectivity index (χ4v) is 6.70. The molecule has 0 fully saturated rings. The van der Waals surface area contributed by atoms with Gasteiger partial charge in [-0.05, 0) is 31.5 Å². The fraction of sp³-hybridized carbons (Fsp3) is 0.320. The van der Waals surface area contributed by atoms with Crippen LogP contribution in [0.4, 0.5) is 0 Å². The number of nitrogens with zero attached hydrogens (tertiary/aromatic N) is 2. The van der Waals surface area contributed by atoms with Gasteiger partial charge in [-0.25, -0.2) is 4.21 Å². The van der Waals surface area contributed by atoms with Gasteiger partial charge in [0.05, 0.1) is 24.0 Å². The molecule has 0 saturated carbocycles. The third-order valence-corrected chi connectivity index (χ3v) is 8.33. The Hall–Kier alpha value is -2.86. The van der Waals surface area contributed by atoms with E-state index in [4.69, 9.17) is 4.74 Å². The molecule has 1 aromatic heterocycles. The summed E-state index contributed by atoms with van der Waals surface area (Å²) >= 11 is 0. The van der Waals surface area contributed by atoms with Crippen molar-refractivity contribution < 1.29 is 13.7 Å².